The third kappa shape index (κ3) is 3.04. The Morgan fingerprint density at radius 1 is 1.03 bits per heavy atom. The van der Waals surface area contributed by atoms with Gasteiger partial charge in [0, 0.05) is 31.5 Å². The molecule has 0 amide bonds. The average molecular weight is 410 g/mol. The van der Waals surface area contributed by atoms with Crippen LogP contribution in [0.1, 0.15) is 62.6 Å². The summed E-state index contributed by atoms with van der Waals surface area (Å²) in [6.45, 7) is 3.51. The van der Waals surface area contributed by atoms with E-state index in [1.54, 1.807) is 26.1 Å². The molecule has 7 heteroatoms. The van der Waals surface area contributed by atoms with Crippen molar-refractivity contribution in [1.29, 1.82) is 0 Å². The second-order valence-corrected chi connectivity index (χ2v) is 8.67. The molecule has 30 heavy (non-hydrogen) atoms. The van der Waals surface area contributed by atoms with Crippen LogP contribution in [0.3, 0.4) is 0 Å². The van der Waals surface area contributed by atoms with Crippen LogP contribution in [0.25, 0.3) is 16.7 Å². The molecule has 1 heterocycles. The average Bonchev–Trinajstić information content (AvgIpc) is 3.19. The number of hydrogen-bond donors (Lipinski definition) is 1. The molecule has 1 aromatic heterocycles. The van der Waals surface area contributed by atoms with Crippen molar-refractivity contribution in [3.8, 4) is 0 Å². The van der Waals surface area contributed by atoms with E-state index in [0.717, 1.165) is 25.7 Å². The van der Waals surface area contributed by atoms with Gasteiger partial charge >= 0.3 is 5.69 Å². The van der Waals surface area contributed by atoms with Crippen molar-refractivity contribution in [3.05, 3.63) is 49.7 Å². The lowest BCUT2D eigenvalue weighted by Gasteiger charge is -2.21. The summed E-state index contributed by atoms with van der Waals surface area (Å²) in [6.07, 6.45) is 3.95. The zero-order chi connectivity index (χ0) is 21.7. The van der Waals surface area contributed by atoms with Crippen molar-refractivity contribution in [2.24, 2.45) is 13.0 Å². The second-order valence-electron chi connectivity index (χ2n) is 8.67. The molecule has 0 atom stereocenters. The van der Waals surface area contributed by atoms with Crippen LogP contribution in [0.2, 0.25) is 0 Å². The largest absolute Gasteiger partial charge is 0.506 e. The van der Waals surface area contributed by atoms with Crippen LogP contribution in [-0.2, 0) is 16.6 Å². The molecule has 1 aromatic carbocycles. The summed E-state index contributed by atoms with van der Waals surface area (Å²) >= 11 is 0. The zero-order valence-corrected chi connectivity index (χ0v) is 17.5. The quantitative estimate of drug-likeness (QED) is 0.466. The molecular weight excluding hydrogens is 384 g/mol. The fraction of sp³-hybridized carbons (Fsp3) is 0.478. The molecule has 1 N–H and O–H groups in total. The summed E-state index contributed by atoms with van der Waals surface area (Å²) in [7, 11) is 1.63. The van der Waals surface area contributed by atoms with Crippen LogP contribution < -0.4 is 11.2 Å². The predicted octanol–water partition coefficient (Wildman–Crippen LogP) is 2.96. The summed E-state index contributed by atoms with van der Waals surface area (Å²) in [6, 6.07) is 3.03. The third-order valence-corrected chi connectivity index (χ3v) is 6.54. The maximum Gasteiger partial charge on any atom is 0.331 e. The molecule has 0 radical (unpaired) electrons. The van der Waals surface area contributed by atoms with E-state index in [1.165, 1.54) is 9.13 Å². The van der Waals surface area contributed by atoms with Gasteiger partial charge in [0.25, 0.3) is 5.56 Å². The number of nitrogens with zero attached hydrogens (tertiary/aromatic N) is 2. The van der Waals surface area contributed by atoms with Gasteiger partial charge in [-0.25, -0.2) is 4.79 Å². The van der Waals surface area contributed by atoms with Crippen LogP contribution >= 0.6 is 0 Å². The number of aromatic nitrogens is 2. The van der Waals surface area contributed by atoms with E-state index in [2.05, 4.69) is 0 Å². The lowest BCUT2D eigenvalue weighted by atomic mass is 9.83. The summed E-state index contributed by atoms with van der Waals surface area (Å²) in [5.74, 6) is -1.18. The van der Waals surface area contributed by atoms with Crippen molar-refractivity contribution in [2.45, 2.75) is 58.4 Å². The van der Waals surface area contributed by atoms with Crippen molar-refractivity contribution in [3.63, 3.8) is 0 Å². The molecule has 0 bridgehead atoms. The zero-order valence-electron chi connectivity index (χ0n) is 17.5. The Balaban J connectivity index is 1.98. The van der Waals surface area contributed by atoms with Gasteiger partial charge in [-0.05, 0) is 43.4 Å². The third-order valence-electron chi connectivity index (χ3n) is 6.54. The molecule has 0 unspecified atom stereocenters. The van der Waals surface area contributed by atoms with Gasteiger partial charge in [0.15, 0.2) is 11.6 Å². The molecule has 0 saturated heterocycles. The number of allylic oxidation sites excluding steroid dienone is 1. The highest BCUT2D eigenvalue weighted by Gasteiger charge is 2.32. The molecule has 0 aliphatic heterocycles. The number of aliphatic hydroxyl groups is 1. The second kappa shape index (κ2) is 7.38. The molecule has 2 saturated carbocycles. The number of Topliss-reactive ketones (excluding diaryl/α,β-unsaturated/α-hetero) is 2. The van der Waals surface area contributed by atoms with Crippen LogP contribution in [-0.4, -0.2) is 25.8 Å². The fourth-order valence-electron chi connectivity index (χ4n) is 4.92. The van der Waals surface area contributed by atoms with E-state index in [9.17, 15) is 24.3 Å². The lowest BCUT2D eigenvalue weighted by Crippen LogP contribution is -2.41. The van der Waals surface area contributed by atoms with Gasteiger partial charge in [-0.1, -0.05) is 19.8 Å². The summed E-state index contributed by atoms with van der Waals surface area (Å²) in [4.78, 5) is 51.1. The highest BCUT2D eigenvalue weighted by molar-refractivity contribution is 6.26. The van der Waals surface area contributed by atoms with E-state index in [-0.39, 0.29) is 64.5 Å². The number of aliphatic hydroxyl groups excluding tert-OH is 1. The fourth-order valence-corrected chi connectivity index (χ4v) is 4.92. The summed E-state index contributed by atoms with van der Waals surface area (Å²) in [5, 5.41) is 11.2. The van der Waals surface area contributed by atoms with Gasteiger partial charge in [0.05, 0.1) is 10.9 Å². The minimum Gasteiger partial charge on any atom is -0.506 e. The van der Waals surface area contributed by atoms with Gasteiger partial charge < -0.3 is 5.11 Å². The molecule has 0 spiro atoms. The predicted molar refractivity (Wildman–Crippen MR) is 114 cm³/mol. The van der Waals surface area contributed by atoms with Gasteiger partial charge in [-0.2, -0.15) is 0 Å². The number of benzene rings is 1. The van der Waals surface area contributed by atoms with Crippen molar-refractivity contribution >= 4 is 28.2 Å². The van der Waals surface area contributed by atoms with Crippen LogP contribution in [0, 0.1) is 12.8 Å². The molecule has 4 rings (SSSR count). The number of ketones is 2. The number of fused-ring (bicyclic) bond motifs is 1. The molecule has 7 nitrogen and oxygen atoms in total. The van der Waals surface area contributed by atoms with Gasteiger partial charge in [-0.15, -0.1) is 0 Å². The van der Waals surface area contributed by atoms with E-state index in [1.807, 2.05) is 6.92 Å². The monoisotopic (exact) mass is 410 g/mol. The summed E-state index contributed by atoms with van der Waals surface area (Å²) < 4.78 is 2.78. The first-order chi connectivity index (χ1) is 14.2. The maximum absolute atomic E-state index is 13.4. The van der Waals surface area contributed by atoms with Crippen molar-refractivity contribution in [2.75, 3.05) is 0 Å². The Bertz CT molecular complexity index is 1200. The van der Waals surface area contributed by atoms with Crippen LogP contribution in [0.4, 0.5) is 0 Å². The first-order valence-electron chi connectivity index (χ1n) is 10.5. The number of hydrogen-bond acceptors (Lipinski definition) is 5. The minimum atomic E-state index is -0.382. The molecule has 2 aliphatic rings. The van der Waals surface area contributed by atoms with Gasteiger partial charge in [0.2, 0.25) is 0 Å². The highest BCUT2D eigenvalue weighted by Crippen LogP contribution is 2.31. The SMILES string of the molecule is Cc1c(C(O)=C2C(=O)CC(C)CC2=O)ccc2c1c(=O)n(C1CCCC1)c(=O)n2C. The maximum atomic E-state index is 13.4. The minimum absolute atomic E-state index is 0.0487. The number of aryl methyl sites for hydroxylation is 2. The Kier molecular flexibility index (Phi) is 5.00. The Labute approximate surface area is 173 Å². The topological polar surface area (TPSA) is 98.4 Å². The Morgan fingerprint density at radius 3 is 2.23 bits per heavy atom. The highest BCUT2D eigenvalue weighted by atomic mass is 16.3. The van der Waals surface area contributed by atoms with E-state index >= 15 is 0 Å². The number of rotatable bonds is 2. The molecule has 158 valence electrons. The normalized spacial score (nSPS) is 20.4. The van der Waals surface area contributed by atoms with Gasteiger partial charge in [-0.3, -0.25) is 23.5 Å². The van der Waals surface area contributed by atoms with Crippen LogP contribution in [0.5, 0.6) is 0 Å². The van der Waals surface area contributed by atoms with E-state index < -0.39 is 0 Å². The first-order valence-corrected chi connectivity index (χ1v) is 10.5. The van der Waals surface area contributed by atoms with Gasteiger partial charge in [0.1, 0.15) is 11.3 Å². The molecular formula is C23H26N2O5. The van der Waals surface area contributed by atoms with Crippen molar-refractivity contribution in [1.82, 2.24) is 9.13 Å². The summed E-state index contributed by atoms with van der Waals surface area (Å²) in [5.41, 5.74) is 0.295. The molecule has 2 aromatic rings. The smallest absolute Gasteiger partial charge is 0.331 e. The Morgan fingerprint density at radius 2 is 1.63 bits per heavy atom. The van der Waals surface area contributed by atoms with E-state index in [4.69, 9.17) is 0 Å². The number of carbonyl (C=O) groups is 2. The molecule has 2 fully saturated rings. The van der Waals surface area contributed by atoms with Crippen molar-refractivity contribution < 1.29 is 14.7 Å². The standard InChI is InChI=1S/C23H26N2O5/c1-12-10-17(26)20(18(27)11-12)21(28)15-8-9-16-19(13(15)2)22(29)25(23(30)24(16)3)14-6-4-5-7-14/h8-9,12,14,28H,4-7,10-11H2,1-3H3. The number of carbonyl (C=O) groups excluding carboxylic acids is 2. The lowest BCUT2D eigenvalue weighted by molar-refractivity contribution is -0.125. The first kappa shape index (κ1) is 20.3. The molecule has 2 aliphatic carbocycles. The Hall–Kier alpha value is -2.96. The van der Waals surface area contributed by atoms with Crippen LogP contribution in [0.15, 0.2) is 27.3 Å². The van der Waals surface area contributed by atoms with E-state index in [0.29, 0.717) is 16.5 Å².